The van der Waals surface area contributed by atoms with Gasteiger partial charge in [0.15, 0.2) is 5.82 Å². The van der Waals surface area contributed by atoms with Crippen LogP contribution in [0.4, 0.5) is 16.3 Å². The van der Waals surface area contributed by atoms with Gasteiger partial charge in [-0.15, -0.1) is 0 Å². The summed E-state index contributed by atoms with van der Waals surface area (Å²) >= 11 is 5.87. The van der Waals surface area contributed by atoms with Gasteiger partial charge in [-0.3, -0.25) is 10.00 Å². The van der Waals surface area contributed by atoms with Crippen molar-refractivity contribution in [2.45, 2.75) is 13.5 Å². The smallest absolute Gasteiger partial charge is 0.308 e. The SMILES string of the molecule is Cc1ccc(NC(=O)Nc2ccn(Cc3ccc(Cl)cc3)n2)cc1. The highest BCUT2D eigenvalue weighted by molar-refractivity contribution is 6.30. The fourth-order valence-electron chi connectivity index (χ4n) is 2.21. The Bertz CT molecular complexity index is 825. The monoisotopic (exact) mass is 340 g/mol. The third kappa shape index (κ3) is 4.36. The van der Waals surface area contributed by atoms with Gasteiger partial charge in [0.1, 0.15) is 0 Å². The Hall–Kier alpha value is -2.79. The molecule has 3 rings (SSSR count). The molecule has 0 spiro atoms. The van der Waals surface area contributed by atoms with Crippen LogP contribution in [0.3, 0.4) is 0 Å². The molecular formula is C18H17ClN4O. The first-order valence-corrected chi connectivity index (χ1v) is 7.89. The van der Waals surface area contributed by atoms with E-state index in [0.717, 1.165) is 16.8 Å². The molecule has 0 unspecified atom stereocenters. The minimum absolute atomic E-state index is 0.324. The van der Waals surface area contributed by atoms with Crippen molar-refractivity contribution < 1.29 is 4.79 Å². The van der Waals surface area contributed by atoms with Crippen molar-refractivity contribution in [3.8, 4) is 0 Å². The average molecular weight is 341 g/mol. The fraction of sp³-hybridized carbons (Fsp3) is 0.111. The van der Waals surface area contributed by atoms with Gasteiger partial charge >= 0.3 is 6.03 Å². The van der Waals surface area contributed by atoms with Gasteiger partial charge in [0.2, 0.25) is 0 Å². The van der Waals surface area contributed by atoms with Gasteiger partial charge in [0.05, 0.1) is 6.54 Å². The number of hydrogen-bond acceptors (Lipinski definition) is 2. The van der Waals surface area contributed by atoms with Crippen LogP contribution in [0.25, 0.3) is 0 Å². The van der Waals surface area contributed by atoms with E-state index in [1.54, 1.807) is 10.7 Å². The summed E-state index contributed by atoms with van der Waals surface area (Å²) in [6.45, 7) is 2.61. The number of benzene rings is 2. The third-order valence-electron chi connectivity index (χ3n) is 3.45. The molecule has 2 aromatic carbocycles. The fourth-order valence-corrected chi connectivity index (χ4v) is 2.33. The normalized spacial score (nSPS) is 10.4. The van der Waals surface area contributed by atoms with Crippen molar-refractivity contribution in [3.63, 3.8) is 0 Å². The Labute approximate surface area is 145 Å². The Morgan fingerprint density at radius 2 is 1.75 bits per heavy atom. The quantitative estimate of drug-likeness (QED) is 0.732. The van der Waals surface area contributed by atoms with Gasteiger partial charge in [-0.05, 0) is 36.8 Å². The third-order valence-corrected chi connectivity index (χ3v) is 3.70. The molecule has 0 atom stereocenters. The summed E-state index contributed by atoms with van der Waals surface area (Å²) < 4.78 is 1.75. The van der Waals surface area contributed by atoms with Crippen molar-refractivity contribution >= 4 is 29.1 Å². The molecule has 0 radical (unpaired) electrons. The van der Waals surface area contributed by atoms with E-state index in [4.69, 9.17) is 11.6 Å². The predicted molar refractivity (Wildman–Crippen MR) is 96.6 cm³/mol. The molecule has 2 N–H and O–H groups in total. The highest BCUT2D eigenvalue weighted by Crippen LogP contribution is 2.12. The zero-order valence-electron chi connectivity index (χ0n) is 13.2. The number of anilines is 2. The Morgan fingerprint density at radius 3 is 2.46 bits per heavy atom. The maximum atomic E-state index is 12.0. The van der Waals surface area contributed by atoms with E-state index in [2.05, 4.69) is 15.7 Å². The number of nitrogens with one attached hydrogen (secondary N) is 2. The molecule has 0 aliphatic carbocycles. The first kappa shape index (κ1) is 16.1. The van der Waals surface area contributed by atoms with Crippen LogP contribution in [0.15, 0.2) is 60.8 Å². The lowest BCUT2D eigenvalue weighted by molar-refractivity contribution is 0.262. The number of carbonyl (C=O) groups is 1. The lowest BCUT2D eigenvalue weighted by atomic mass is 10.2. The van der Waals surface area contributed by atoms with Crippen LogP contribution in [0.5, 0.6) is 0 Å². The van der Waals surface area contributed by atoms with Crippen molar-refractivity contribution in [2.24, 2.45) is 0 Å². The summed E-state index contributed by atoms with van der Waals surface area (Å²) in [6.07, 6.45) is 1.82. The van der Waals surface area contributed by atoms with Gasteiger partial charge < -0.3 is 5.32 Å². The van der Waals surface area contributed by atoms with Crippen molar-refractivity contribution in [2.75, 3.05) is 10.6 Å². The molecule has 0 aliphatic heterocycles. The predicted octanol–water partition coefficient (Wildman–Crippen LogP) is 4.54. The molecule has 5 nitrogen and oxygen atoms in total. The molecule has 3 aromatic rings. The lowest BCUT2D eigenvalue weighted by Crippen LogP contribution is -2.19. The van der Waals surface area contributed by atoms with Crippen molar-refractivity contribution in [1.82, 2.24) is 9.78 Å². The zero-order valence-corrected chi connectivity index (χ0v) is 13.9. The summed E-state index contributed by atoms with van der Waals surface area (Å²) in [5, 5.41) is 10.5. The molecule has 1 heterocycles. The summed E-state index contributed by atoms with van der Waals surface area (Å²) in [4.78, 5) is 12.0. The number of nitrogens with zero attached hydrogens (tertiary/aromatic N) is 2. The lowest BCUT2D eigenvalue weighted by Gasteiger charge is -2.06. The maximum absolute atomic E-state index is 12.0. The number of aryl methyl sites for hydroxylation is 1. The van der Waals surface area contributed by atoms with Crippen LogP contribution in [0.2, 0.25) is 5.02 Å². The van der Waals surface area contributed by atoms with Gasteiger partial charge in [0.25, 0.3) is 0 Å². The number of carbonyl (C=O) groups excluding carboxylic acids is 1. The molecule has 24 heavy (non-hydrogen) atoms. The molecule has 0 aliphatic rings. The molecular weight excluding hydrogens is 324 g/mol. The van der Waals surface area contributed by atoms with E-state index in [0.29, 0.717) is 17.4 Å². The number of rotatable bonds is 4. The van der Waals surface area contributed by atoms with Gasteiger partial charge in [-0.1, -0.05) is 41.4 Å². The van der Waals surface area contributed by atoms with E-state index < -0.39 is 0 Å². The van der Waals surface area contributed by atoms with Crippen LogP contribution in [0.1, 0.15) is 11.1 Å². The summed E-state index contributed by atoms with van der Waals surface area (Å²) in [5.74, 6) is 0.494. The number of halogens is 1. The number of urea groups is 1. The Kier molecular flexibility index (Phi) is 4.82. The van der Waals surface area contributed by atoms with Gasteiger partial charge in [0, 0.05) is 23.0 Å². The van der Waals surface area contributed by atoms with Gasteiger partial charge in [-0.25, -0.2) is 4.79 Å². The number of amides is 2. The Morgan fingerprint density at radius 1 is 1.04 bits per heavy atom. The van der Waals surface area contributed by atoms with Crippen LogP contribution in [-0.2, 0) is 6.54 Å². The van der Waals surface area contributed by atoms with Crippen molar-refractivity contribution in [3.05, 3.63) is 76.9 Å². The highest BCUT2D eigenvalue weighted by Gasteiger charge is 2.05. The number of aromatic nitrogens is 2. The standard InChI is InChI=1S/C18H17ClN4O/c1-13-2-8-16(9-3-13)20-18(24)21-17-10-11-23(22-17)12-14-4-6-15(19)7-5-14/h2-11H,12H2,1H3,(H2,20,21,22,24). The van der Waals surface area contributed by atoms with E-state index >= 15 is 0 Å². The molecule has 0 saturated carbocycles. The molecule has 0 fully saturated rings. The van der Waals surface area contributed by atoms with E-state index in [-0.39, 0.29) is 6.03 Å². The summed E-state index contributed by atoms with van der Waals surface area (Å²) in [5.41, 5.74) is 2.96. The summed E-state index contributed by atoms with van der Waals surface area (Å²) in [6, 6.07) is 16.6. The molecule has 6 heteroatoms. The topological polar surface area (TPSA) is 59.0 Å². The minimum atomic E-state index is -0.324. The second kappa shape index (κ2) is 7.19. The molecule has 2 amide bonds. The first-order chi connectivity index (χ1) is 11.6. The minimum Gasteiger partial charge on any atom is -0.308 e. The van der Waals surface area contributed by atoms with Crippen LogP contribution in [-0.4, -0.2) is 15.8 Å². The van der Waals surface area contributed by atoms with Crippen LogP contribution < -0.4 is 10.6 Å². The molecule has 0 bridgehead atoms. The molecule has 1 aromatic heterocycles. The second-order valence-electron chi connectivity index (χ2n) is 5.47. The zero-order chi connectivity index (χ0) is 16.9. The van der Waals surface area contributed by atoms with E-state index in [1.165, 1.54) is 0 Å². The highest BCUT2D eigenvalue weighted by atomic mass is 35.5. The molecule has 122 valence electrons. The van der Waals surface area contributed by atoms with Gasteiger partial charge in [-0.2, -0.15) is 5.10 Å². The largest absolute Gasteiger partial charge is 0.324 e. The average Bonchev–Trinajstić information content (AvgIpc) is 2.99. The molecule has 0 saturated heterocycles. The second-order valence-corrected chi connectivity index (χ2v) is 5.91. The van der Waals surface area contributed by atoms with E-state index in [1.807, 2.05) is 61.7 Å². The van der Waals surface area contributed by atoms with Crippen molar-refractivity contribution in [1.29, 1.82) is 0 Å². The van der Waals surface area contributed by atoms with E-state index in [9.17, 15) is 4.79 Å². The van der Waals surface area contributed by atoms with Crippen LogP contribution >= 0.6 is 11.6 Å². The Balaban J connectivity index is 1.58. The van der Waals surface area contributed by atoms with Crippen LogP contribution in [0, 0.1) is 6.92 Å². The summed E-state index contributed by atoms with van der Waals surface area (Å²) in [7, 11) is 0. The first-order valence-electron chi connectivity index (χ1n) is 7.51. The number of hydrogen-bond donors (Lipinski definition) is 2. The maximum Gasteiger partial charge on any atom is 0.324 e.